The van der Waals surface area contributed by atoms with Gasteiger partial charge in [-0.15, -0.1) is 5.10 Å². The van der Waals surface area contributed by atoms with E-state index in [1.807, 2.05) is 49.5 Å². The van der Waals surface area contributed by atoms with E-state index < -0.39 is 5.91 Å². The van der Waals surface area contributed by atoms with Crippen molar-refractivity contribution in [1.82, 2.24) is 28.9 Å². The average Bonchev–Trinajstić information content (AvgIpc) is 3.52. The molecule has 0 aliphatic carbocycles. The molecule has 10 heteroatoms. The summed E-state index contributed by atoms with van der Waals surface area (Å²) in [6.45, 7) is 0. The predicted octanol–water partition coefficient (Wildman–Crippen LogP) is 3.01. The number of carbonyl (C=O) groups is 1. The van der Waals surface area contributed by atoms with Gasteiger partial charge in [0.25, 0.3) is 11.5 Å². The molecule has 2 N–H and O–H groups in total. The van der Waals surface area contributed by atoms with Crippen molar-refractivity contribution in [3.63, 3.8) is 0 Å². The van der Waals surface area contributed by atoms with E-state index in [4.69, 9.17) is 5.73 Å². The topological polar surface area (TPSA) is 125 Å². The van der Waals surface area contributed by atoms with Gasteiger partial charge in [0.05, 0.1) is 29.1 Å². The molecule has 1 amide bonds. The van der Waals surface area contributed by atoms with Gasteiger partial charge in [0.2, 0.25) is 0 Å². The maximum atomic E-state index is 14.0. The third-order valence-electron chi connectivity index (χ3n) is 6.09. The van der Waals surface area contributed by atoms with Crippen molar-refractivity contribution in [2.75, 3.05) is 5.73 Å². The molecule has 0 bridgehead atoms. The predicted molar refractivity (Wildman–Crippen MR) is 148 cm³/mol. The van der Waals surface area contributed by atoms with Crippen molar-refractivity contribution in [3.8, 4) is 17.5 Å². The highest BCUT2D eigenvalue weighted by molar-refractivity contribution is 6.09. The van der Waals surface area contributed by atoms with Gasteiger partial charge in [-0.3, -0.25) is 18.8 Å². The molecule has 4 heterocycles. The number of pyridine rings is 1. The Kier molecular flexibility index (Phi) is 5.78. The van der Waals surface area contributed by atoms with Gasteiger partial charge in [-0.2, -0.15) is 5.10 Å². The number of amides is 1. The van der Waals surface area contributed by atoms with Crippen LogP contribution in [0.2, 0.25) is 0 Å². The monoisotopic (exact) mass is 512 g/mol. The van der Waals surface area contributed by atoms with Crippen LogP contribution in [0.15, 0.2) is 95.2 Å². The number of hydrogen-bond donors (Lipinski definition) is 1. The van der Waals surface area contributed by atoms with Crippen LogP contribution in [-0.4, -0.2) is 41.1 Å². The number of fused-ring (bicyclic) bond motifs is 2. The highest BCUT2D eigenvalue weighted by atomic mass is 16.1. The number of nitrogens with two attached hydrogens (primary N) is 1. The molecule has 2 aromatic carbocycles. The van der Waals surface area contributed by atoms with E-state index in [9.17, 15) is 9.59 Å². The minimum absolute atomic E-state index is 0.0200. The van der Waals surface area contributed by atoms with Gasteiger partial charge in [0.15, 0.2) is 11.5 Å². The molecule has 0 aliphatic heterocycles. The molecule has 0 spiro atoms. The molecular formula is C29H20N8O2. The summed E-state index contributed by atoms with van der Waals surface area (Å²) < 4.78 is 4.59. The molecular weight excluding hydrogens is 492 g/mol. The van der Waals surface area contributed by atoms with Gasteiger partial charge < -0.3 is 5.73 Å². The van der Waals surface area contributed by atoms with E-state index in [1.54, 1.807) is 47.7 Å². The van der Waals surface area contributed by atoms with Crippen molar-refractivity contribution in [1.29, 1.82) is 0 Å². The summed E-state index contributed by atoms with van der Waals surface area (Å²) in [7, 11) is 1.82. The van der Waals surface area contributed by atoms with Crippen LogP contribution >= 0.6 is 0 Å². The summed E-state index contributed by atoms with van der Waals surface area (Å²) >= 11 is 0. The average molecular weight is 513 g/mol. The molecule has 0 saturated carbocycles. The zero-order chi connectivity index (χ0) is 26.9. The third kappa shape index (κ3) is 4.34. The number of para-hydroxylation sites is 1. The second-order valence-corrected chi connectivity index (χ2v) is 8.68. The number of carbonyl (C=O) groups excluding carboxylic acids is 1. The Bertz CT molecular complexity index is 2040. The smallest absolute Gasteiger partial charge is 0.284 e. The number of aryl methyl sites for hydroxylation is 1. The number of aliphatic imine (C=N–C) groups is 1. The third-order valence-corrected chi connectivity index (χ3v) is 6.09. The lowest BCUT2D eigenvalue weighted by atomic mass is 10.0. The van der Waals surface area contributed by atoms with Crippen LogP contribution in [0.5, 0.6) is 0 Å². The molecule has 0 atom stereocenters. The van der Waals surface area contributed by atoms with Crippen molar-refractivity contribution < 1.29 is 4.79 Å². The summed E-state index contributed by atoms with van der Waals surface area (Å²) in [5.41, 5.74) is 8.43. The van der Waals surface area contributed by atoms with Crippen LogP contribution in [0.3, 0.4) is 0 Å². The van der Waals surface area contributed by atoms with Crippen molar-refractivity contribution in [2.45, 2.75) is 0 Å². The lowest BCUT2D eigenvalue weighted by Gasteiger charge is -2.12. The highest BCUT2D eigenvalue weighted by Gasteiger charge is 2.19. The Balaban J connectivity index is 1.51. The van der Waals surface area contributed by atoms with E-state index in [0.29, 0.717) is 33.4 Å². The molecule has 4 aromatic heterocycles. The van der Waals surface area contributed by atoms with Gasteiger partial charge in [-0.25, -0.2) is 14.5 Å². The Morgan fingerprint density at radius 1 is 1.08 bits per heavy atom. The molecule has 0 fully saturated rings. The summed E-state index contributed by atoms with van der Waals surface area (Å²) in [6.07, 6.45) is 8.01. The van der Waals surface area contributed by atoms with Gasteiger partial charge in [0, 0.05) is 36.9 Å². The number of nitrogens with zero attached hydrogens (tertiary/aromatic N) is 7. The zero-order valence-electron chi connectivity index (χ0n) is 20.7. The van der Waals surface area contributed by atoms with Crippen LogP contribution in [-0.2, 0) is 7.05 Å². The van der Waals surface area contributed by atoms with Gasteiger partial charge in [0.1, 0.15) is 5.56 Å². The van der Waals surface area contributed by atoms with Crippen LogP contribution in [0.25, 0.3) is 22.1 Å². The first-order valence-corrected chi connectivity index (χ1v) is 11.9. The van der Waals surface area contributed by atoms with Crippen LogP contribution in [0.1, 0.15) is 27.2 Å². The summed E-state index contributed by atoms with van der Waals surface area (Å²) in [5, 5.41) is 9.38. The van der Waals surface area contributed by atoms with E-state index in [2.05, 4.69) is 32.0 Å². The molecule has 0 radical (unpaired) electrons. The van der Waals surface area contributed by atoms with Crippen molar-refractivity contribution in [3.05, 3.63) is 118 Å². The van der Waals surface area contributed by atoms with E-state index in [-0.39, 0.29) is 16.9 Å². The fourth-order valence-electron chi connectivity index (χ4n) is 4.35. The largest absolute Gasteiger partial charge is 0.381 e. The number of benzene rings is 2. The lowest BCUT2D eigenvalue weighted by Crippen LogP contribution is -2.23. The number of anilines is 1. The van der Waals surface area contributed by atoms with E-state index >= 15 is 0 Å². The van der Waals surface area contributed by atoms with E-state index in [0.717, 1.165) is 5.56 Å². The van der Waals surface area contributed by atoms with Crippen LogP contribution in [0, 0.1) is 11.8 Å². The first kappa shape index (κ1) is 23.6. The first-order chi connectivity index (χ1) is 19.0. The van der Waals surface area contributed by atoms with E-state index in [1.165, 1.54) is 15.3 Å². The molecule has 39 heavy (non-hydrogen) atoms. The quantitative estimate of drug-likeness (QED) is 0.287. The second-order valence-electron chi connectivity index (χ2n) is 8.68. The molecule has 0 unspecified atom stereocenters. The minimum atomic E-state index is -0.621. The Hall–Kier alpha value is -5.82. The van der Waals surface area contributed by atoms with Crippen molar-refractivity contribution in [2.24, 2.45) is 12.0 Å². The highest BCUT2D eigenvalue weighted by Crippen LogP contribution is 2.20. The van der Waals surface area contributed by atoms with Gasteiger partial charge in [-0.05, 0) is 35.7 Å². The number of hydrogen-bond acceptors (Lipinski definition) is 6. The SMILES string of the molecule is Cn1cc(C#Cc2cccc3cc(/C=N/C(=O)c4c(N)nn5cccnc45)n(-c4ccccc4)c(=O)c23)cn1. The number of nitrogen functional groups attached to an aromatic ring is 1. The lowest BCUT2D eigenvalue weighted by molar-refractivity contribution is 0.101. The standard InChI is InChI=1S/C29H20N8O2/c1-35-18-19(16-33-35)11-12-20-7-5-8-21-15-23(37(29(39)24(20)21)22-9-3-2-4-10-22)17-32-28(38)25-26(30)34-36-14-6-13-31-27(25)36/h2-10,13-18H,1H3,(H2,30,34)/b32-17+. The fourth-order valence-corrected chi connectivity index (χ4v) is 4.35. The molecule has 6 rings (SSSR count). The van der Waals surface area contributed by atoms with Crippen LogP contribution in [0.4, 0.5) is 5.82 Å². The second kappa shape index (κ2) is 9.57. The van der Waals surface area contributed by atoms with Crippen molar-refractivity contribution >= 4 is 34.4 Å². The normalized spacial score (nSPS) is 11.2. The number of rotatable bonds is 3. The van der Waals surface area contributed by atoms with Gasteiger partial charge >= 0.3 is 0 Å². The van der Waals surface area contributed by atoms with Gasteiger partial charge in [-0.1, -0.05) is 42.2 Å². The summed E-state index contributed by atoms with van der Waals surface area (Å²) in [5.74, 6) is 5.59. The van der Waals surface area contributed by atoms with Crippen LogP contribution < -0.4 is 11.3 Å². The molecule has 0 saturated heterocycles. The zero-order valence-corrected chi connectivity index (χ0v) is 20.7. The molecule has 0 aliphatic rings. The summed E-state index contributed by atoms with van der Waals surface area (Å²) in [4.78, 5) is 35.4. The number of aromatic nitrogens is 6. The Morgan fingerprint density at radius 2 is 1.92 bits per heavy atom. The summed E-state index contributed by atoms with van der Waals surface area (Å²) in [6, 6.07) is 18.1. The first-order valence-electron chi connectivity index (χ1n) is 11.9. The minimum Gasteiger partial charge on any atom is -0.381 e. The molecule has 10 nitrogen and oxygen atoms in total. The molecule has 6 aromatic rings. The Labute approximate surface area is 221 Å². The molecule has 188 valence electrons. The maximum Gasteiger partial charge on any atom is 0.284 e. The fraction of sp³-hybridized carbons (Fsp3) is 0.0345. The Morgan fingerprint density at radius 3 is 2.72 bits per heavy atom. The maximum absolute atomic E-state index is 14.0.